The van der Waals surface area contributed by atoms with Crippen LogP contribution in [0.15, 0.2) is 91.0 Å². The fourth-order valence-electron chi connectivity index (χ4n) is 19.2. The SMILES string of the molecule is CCC1O[C@@H](O[C@@H]2C(CC)O[C@@H](O[C@H]3C(COC(=O)c4ccccc4)O[C@@H](OC4CCC5(C)C(CCC6C5CCC5(C)C6CC(=O)C5[C@H](C)C(=O)CC[C@H](C)CO[C@@H]5OC[C@@H](C)[C@H](OC(=O)c6ccccc6)C5OC(=O)c5ccccc5)C4)C(C)[C@H]3C)C(C)[C@H]2C)C(C)[C@@H](C)[C@@H]1C. The number of esters is 3. The van der Waals surface area contributed by atoms with Crippen molar-refractivity contribution in [1.29, 1.82) is 0 Å². The van der Waals surface area contributed by atoms with Crippen LogP contribution in [-0.2, 0) is 61.7 Å². The fraction of sp³-hybridized carbons (Fsp3) is 0.716. The van der Waals surface area contributed by atoms with Gasteiger partial charge in [0.25, 0.3) is 0 Å². The molecule has 0 aromatic heterocycles. The third kappa shape index (κ3) is 15.5. The molecule has 15 unspecified atom stereocenters. The van der Waals surface area contributed by atoms with Crippen molar-refractivity contribution in [3.63, 3.8) is 0 Å². The van der Waals surface area contributed by atoms with E-state index in [0.29, 0.717) is 65.5 Å². The first-order valence-electron chi connectivity index (χ1n) is 37.4. The van der Waals surface area contributed by atoms with Gasteiger partial charge in [-0.2, -0.15) is 0 Å². The zero-order chi connectivity index (χ0) is 69.2. The van der Waals surface area contributed by atoms with E-state index >= 15 is 0 Å². The highest BCUT2D eigenvalue weighted by Gasteiger charge is 2.64. The van der Waals surface area contributed by atoms with E-state index in [0.717, 1.165) is 57.8 Å². The number of ketones is 2. The molecule has 4 aliphatic carbocycles. The summed E-state index contributed by atoms with van der Waals surface area (Å²) in [7, 11) is 0. The second-order valence-corrected chi connectivity index (χ2v) is 31.9. The minimum atomic E-state index is -1.06. The molecule has 4 saturated carbocycles. The van der Waals surface area contributed by atoms with Crippen molar-refractivity contribution in [2.24, 2.45) is 99.6 Å². The molecule has 11 rings (SSSR count). The van der Waals surface area contributed by atoms with Crippen LogP contribution in [0.3, 0.4) is 0 Å². The van der Waals surface area contributed by atoms with Crippen molar-refractivity contribution >= 4 is 29.5 Å². The van der Waals surface area contributed by atoms with Gasteiger partial charge in [-0.15, -0.1) is 0 Å². The molecule has 8 aliphatic rings. The number of Topliss-reactive ketones (excluding diaryl/α,β-unsaturated/α-hetero) is 2. The largest absolute Gasteiger partial charge is 0.459 e. The molecule has 4 heterocycles. The molecule has 4 aliphatic heterocycles. The molecule has 3 aromatic carbocycles. The van der Waals surface area contributed by atoms with Crippen LogP contribution in [0.4, 0.5) is 0 Å². The van der Waals surface area contributed by atoms with E-state index in [-0.39, 0.29) is 126 Å². The zero-order valence-corrected chi connectivity index (χ0v) is 60.4. The van der Waals surface area contributed by atoms with Gasteiger partial charge in [0.1, 0.15) is 30.4 Å². The van der Waals surface area contributed by atoms with Gasteiger partial charge >= 0.3 is 17.9 Å². The Hall–Kier alpha value is -4.91. The van der Waals surface area contributed by atoms with E-state index < -0.39 is 67.1 Å². The van der Waals surface area contributed by atoms with Crippen molar-refractivity contribution in [3.8, 4) is 0 Å². The second kappa shape index (κ2) is 31.5. The van der Waals surface area contributed by atoms with E-state index in [2.05, 4.69) is 76.2 Å². The average Bonchev–Trinajstić information content (AvgIpc) is 1.63. The van der Waals surface area contributed by atoms with Gasteiger partial charge < -0.3 is 52.1 Å². The first kappa shape index (κ1) is 73.3. The van der Waals surface area contributed by atoms with Crippen LogP contribution in [0.25, 0.3) is 0 Å². The molecule has 0 spiro atoms. The average molecular weight is 1340 g/mol. The quantitative estimate of drug-likeness (QED) is 0.0495. The predicted molar refractivity (Wildman–Crippen MR) is 366 cm³/mol. The van der Waals surface area contributed by atoms with E-state index in [9.17, 15) is 24.0 Å². The molecule has 0 amide bonds. The summed E-state index contributed by atoms with van der Waals surface area (Å²) in [4.78, 5) is 69.5. The van der Waals surface area contributed by atoms with Gasteiger partial charge in [0.2, 0.25) is 0 Å². The Balaban J connectivity index is 0.693. The van der Waals surface area contributed by atoms with Crippen LogP contribution in [-0.4, -0.2) is 123 Å². The number of hydrogen-bond acceptors (Lipinski definition) is 16. The number of carbonyl (C=O) groups is 5. The lowest BCUT2D eigenvalue weighted by molar-refractivity contribution is -0.352. The Labute approximate surface area is 578 Å². The molecule has 0 N–H and O–H groups in total. The summed E-state index contributed by atoms with van der Waals surface area (Å²) < 4.78 is 72.9. The van der Waals surface area contributed by atoms with E-state index in [1.54, 1.807) is 60.7 Å². The molecule has 97 heavy (non-hydrogen) atoms. The number of benzene rings is 3. The van der Waals surface area contributed by atoms with Crippen LogP contribution in [0.2, 0.25) is 0 Å². The second-order valence-electron chi connectivity index (χ2n) is 31.9. The van der Waals surface area contributed by atoms with Crippen molar-refractivity contribution in [2.45, 2.75) is 248 Å². The van der Waals surface area contributed by atoms with Crippen LogP contribution in [0.1, 0.15) is 205 Å². The number of hydrogen-bond donors (Lipinski definition) is 0. The summed E-state index contributed by atoms with van der Waals surface area (Å²) in [6.07, 6.45) is 4.35. The minimum absolute atomic E-state index is 0.00466. The van der Waals surface area contributed by atoms with E-state index in [1.165, 1.54) is 0 Å². The monoisotopic (exact) mass is 1340 g/mol. The van der Waals surface area contributed by atoms with Crippen LogP contribution >= 0.6 is 0 Å². The Morgan fingerprint density at radius 1 is 0.546 bits per heavy atom. The minimum Gasteiger partial charge on any atom is -0.459 e. The highest BCUT2D eigenvalue weighted by Crippen LogP contribution is 2.68. The van der Waals surface area contributed by atoms with Gasteiger partial charge in [-0.05, 0) is 165 Å². The maximum absolute atomic E-state index is 14.5. The number of ether oxygens (including phenoxy) is 11. The van der Waals surface area contributed by atoms with Crippen molar-refractivity contribution in [1.82, 2.24) is 0 Å². The summed E-state index contributed by atoms with van der Waals surface area (Å²) in [6.45, 7) is 31.2. The van der Waals surface area contributed by atoms with Gasteiger partial charge in [0, 0.05) is 48.3 Å². The maximum atomic E-state index is 14.5. The fourth-order valence-corrected chi connectivity index (χ4v) is 19.2. The van der Waals surface area contributed by atoms with Gasteiger partial charge in [-0.1, -0.05) is 152 Å². The molecular weight excluding hydrogens is 1230 g/mol. The lowest BCUT2D eigenvalue weighted by atomic mass is 9.44. The van der Waals surface area contributed by atoms with Gasteiger partial charge in [-0.25, -0.2) is 14.4 Å². The summed E-state index contributed by atoms with van der Waals surface area (Å²) in [5, 5.41) is 0. The van der Waals surface area contributed by atoms with Gasteiger partial charge in [-0.3, -0.25) is 9.59 Å². The molecule has 8 fully saturated rings. The topological polar surface area (TPSA) is 187 Å². The molecule has 0 bridgehead atoms. The molecular formula is C81H114O16. The normalized spacial score (nSPS) is 41.1. The van der Waals surface area contributed by atoms with Crippen molar-refractivity contribution in [2.75, 3.05) is 19.8 Å². The van der Waals surface area contributed by atoms with Crippen molar-refractivity contribution < 1.29 is 76.1 Å². The molecule has 3 aromatic rings. The first-order chi connectivity index (χ1) is 46.4. The Bertz CT molecular complexity index is 3110. The third-order valence-electron chi connectivity index (χ3n) is 26.1. The molecule has 4 saturated heterocycles. The smallest absolute Gasteiger partial charge is 0.338 e. The number of fused-ring (bicyclic) bond motifs is 5. The third-order valence-corrected chi connectivity index (χ3v) is 26.1. The van der Waals surface area contributed by atoms with E-state index in [4.69, 9.17) is 52.1 Å². The highest BCUT2D eigenvalue weighted by molar-refractivity contribution is 5.92. The summed E-state index contributed by atoms with van der Waals surface area (Å²) in [5.74, 6) is 0.379. The lowest BCUT2D eigenvalue weighted by Crippen LogP contribution is -2.59. The van der Waals surface area contributed by atoms with E-state index in [1.807, 2.05) is 51.1 Å². The van der Waals surface area contributed by atoms with Crippen molar-refractivity contribution in [3.05, 3.63) is 108 Å². The van der Waals surface area contributed by atoms with Crippen LogP contribution in [0.5, 0.6) is 0 Å². The zero-order valence-electron chi connectivity index (χ0n) is 60.4. The predicted octanol–water partition coefficient (Wildman–Crippen LogP) is 15.4. The molecule has 16 nitrogen and oxygen atoms in total. The van der Waals surface area contributed by atoms with Crippen LogP contribution in [0, 0.1) is 99.6 Å². The number of rotatable bonds is 23. The van der Waals surface area contributed by atoms with Crippen LogP contribution < -0.4 is 0 Å². The highest BCUT2D eigenvalue weighted by atomic mass is 16.7. The summed E-state index contributed by atoms with van der Waals surface area (Å²) >= 11 is 0. The Morgan fingerprint density at radius 2 is 1.07 bits per heavy atom. The molecule has 16 heteroatoms. The molecule has 534 valence electrons. The Morgan fingerprint density at radius 3 is 1.67 bits per heavy atom. The number of carbonyl (C=O) groups excluding carboxylic acids is 5. The summed E-state index contributed by atoms with van der Waals surface area (Å²) in [5.41, 5.74) is 1.03. The van der Waals surface area contributed by atoms with Gasteiger partial charge in [0.15, 0.2) is 31.3 Å². The Kier molecular flexibility index (Phi) is 23.8. The molecule has 0 radical (unpaired) electrons. The lowest BCUT2D eigenvalue weighted by Gasteiger charge is -2.61. The first-order valence-corrected chi connectivity index (χ1v) is 37.4. The van der Waals surface area contributed by atoms with Gasteiger partial charge in [0.05, 0.1) is 60.4 Å². The standard InChI is InChI=1S/C81H114O16/c1-15-65-48(6)47(5)51(9)77(91-65)96-70-49(7)53(11)78(92-66(70)16-2)97-71-50(8)52(10)76(93-67(71)44-87-73(84)55-26-20-17-21-27-55)90-59-36-38-80(13)58(40-59)33-34-60-61(80)37-39-81(14)62(60)41-64(83)68(81)54(12)63(82)35-32-45(3)42-88-79-72(95-75(86)57-30-24-19-25-31-57)69(46(4)43-89-79)94-74(85)56-28-22-18-23-29-56/h17-31,45-54,58-62,65-72,76-79H,15-16,32-44H2,1-14H3/t45-,46+,47-,48-,49+,50+,51?,52?,53?,54+,58?,59?,60?,61?,62?,65?,66?,67?,68?,69-,70-,71+,72?,76+,77-,78-,79+,80?,81?/m0/s1. The molecule has 29 atom stereocenters. The maximum Gasteiger partial charge on any atom is 0.338 e. The summed E-state index contributed by atoms with van der Waals surface area (Å²) in [6, 6.07) is 26.4.